The zero-order chi connectivity index (χ0) is 14.4. The lowest BCUT2D eigenvalue weighted by atomic mass is 10.1. The number of rotatable bonds is 3. The summed E-state index contributed by atoms with van der Waals surface area (Å²) in [6.45, 7) is 1.91. The molecule has 0 N–H and O–H groups in total. The lowest BCUT2D eigenvalue weighted by Crippen LogP contribution is -1.94. The average Bonchev–Trinajstić information content (AvgIpc) is 3.25. The van der Waals surface area contributed by atoms with Crippen LogP contribution in [0.5, 0.6) is 11.5 Å². The van der Waals surface area contributed by atoms with Gasteiger partial charge in [-0.1, -0.05) is 23.7 Å². The number of halogens is 1. The molecule has 0 amide bonds. The smallest absolute Gasteiger partial charge is 0.235 e. The van der Waals surface area contributed by atoms with Crippen molar-refractivity contribution in [3.63, 3.8) is 0 Å². The van der Waals surface area contributed by atoms with Gasteiger partial charge in [0.1, 0.15) is 5.75 Å². The molecule has 3 aromatic rings. The van der Waals surface area contributed by atoms with Crippen molar-refractivity contribution in [1.29, 1.82) is 0 Å². The minimum atomic E-state index is 0.484. The number of benzene rings is 1. The summed E-state index contributed by atoms with van der Waals surface area (Å²) in [6.07, 6.45) is 6.00. The molecule has 0 spiro atoms. The maximum Gasteiger partial charge on any atom is 0.235 e. The molecule has 2 heterocycles. The zero-order valence-corrected chi connectivity index (χ0v) is 12.3. The lowest BCUT2D eigenvalue weighted by Gasteiger charge is -2.09. The molecule has 1 saturated carbocycles. The summed E-state index contributed by atoms with van der Waals surface area (Å²) in [5, 5.41) is 0.484. The standard InChI is InChI=1S/C16H14ClN3O/c1-10-9-20-15(17)14(8-18-16(20)19-10)21-13-4-2-3-12(7-13)11-5-6-11/h2-4,7-9,11H,5-6H2,1H3. The summed E-state index contributed by atoms with van der Waals surface area (Å²) in [5.41, 5.74) is 2.20. The van der Waals surface area contributed by atoms with Crippen molar-refractivity contribution in [3.8, 4) is 11.5 Å². The second kappa shape index (κ2) is 4.74. The van der Waals surface area contributed by atoms with Gasteiger partial charge < -0.3 is 4.74 Å². The van der Waals surface area contributed by atoms with Gasteiger partial charge in [0.15, 0.2) is 10.9 Å². The predicted molar refractivity (Wildman–Crippen MR) is 81.2 cm³/mol. The fourth-order valence-electron chi connectivity index (χ4n) is 2.45. The van der Waals surface area contributed by atoms with E-state index >= 15 is 0 Å². The van der Waals surface area contributed by atoms with Gasteiger partial charge in [-0.3, -0.25) is 4.40 Å². The molecule has 0 atom stereocenters. The third-order valence-corrected chi connectivity index (χ3v) is 4.02. The first-order chi connectivity index (χ1) is 10.2. The van der Waals surface area contributed by atoms with Crippen molar-refractivity contribution in [2.75, 3.05) is 0 Å². The van der Waals surface area contributed by atoms with Crippen molar-refractivity contribution in [2.24, 2.45) is 0 Å². The van der Waals surface area contributed by atoms with Gasteiger partial charge in [0.05, 0.1) is 11.9 Å². The van der Waals surface area contributed by atoms with Crippen LogP contribution in [0.2, 0.25) is 5.15 Å². The molecule has 5 heteroatoms. The van der Waals surface area contributed by atoms with Gasteiger partial charge in [-0.25, -0.2) is 9.97 Å². The van der Waals surface area contributed by atoms with E-state index in [1.54, 1.807) is 10.6 Å². The number of imidazole rings is 1. The Morgan fingerprint density at radius 3 is 3.00 bits per heavy atom. The Labute approximate surface area is 127 Å². The summed E-state index contributed by atoms with van der Waals surface area (Å²) in [7, 11) is 0. The Balaban J connectivity index is 1.70. The molecule has 106 valence electrons. The fraction of sp³-hybridized carbons (Fsp3) is 0.250. The van der Waals surface area contributed by atoms with Gasteiger partial charge in [0, 0.05) is 6.20 Å². The van der Waals surface area contributed by atoms with Crippen molar-refractivity contribution < 1.29 is 4.74 Å². The Bertz CT molecular complexity index is 824. The molecule has 21 heavy (non-hydrogen) atoms. The number of ether oxygens (including phenoxy) is 1. The molecule has 0 aliphatic heterocycles. The molecule has 4 rings (SSSR count). The fourth-order valence-corrected chi connectivity index (χ4v) is 2.66. The quantitative estimate of drug-likeness (QED) is 0.675. The molecule has 1 aliphatic rings. The molecule has 1 fully saturated rings. The number of nitrogens with zero attached hydrogens (tertiary/aromatic N) is 3. The number of hydrogen-bond acceptors (Lipinski definition) is 3. The average molecular weight is 300 g/mol. The van der Waals surface area contributed by atoms with Gasteiger partial charge in [0.25, 0.3) is 0 Å². The summed E-state index contributed by atoms with van der Waals surface area (Å²) >= 11 is 6.38. The van der Waals surface area contributed by atoms with Crippen LogP contribution in [0, 0.1) is 6.92 Å². The van der Waals surface area contributed by atoms with E-state index in [9.17, 15) is 0 Å². The zero-order valence-electron chi connectivity index (χ0n) is 11.6. The molecule has 0 unspecified atom stereocenters. The van der Waals surface area contributed by atoms with Crippen LogP contribution in [0.1, 0.15) is 30.0 Å². The van der Waals surface area contributed by atoms with E-state index < -0.39 is 0 Å². The SMILES string of the molecule is Cc1cn2c(Cl)c(Oc3cccc(C4CC4)c3)cnc2n1. The summed E-state index contributed by atoms with van der Waals surface area (Å²) < 4.78 is 7.64. The Morgan fingerprint density at radius 2 is 2.19 bits per heavy atom. The van der Waals surface area contributed by atoms with Crippen molar-refractivity contribution in [1.82, 2.24) is 14.4 Å². The van der Waals surface area contributed by atoms with Crippen LogP contribution < -0.4 is 4.74 Å². The third kappa shape index (κ3) is 2.36. The normalized spacial score (nSPS) is 14.6. The van der Waals surface area contributed by atoms with Crippen molar-refractivity contribution in [3.05, 3.63) is 53.1 Å². The minimum absolute atomic E-state index is 0.484. The molecular weight excluding hydrogens is 286 g/mol. The van der Waals surface area contributed by atoms with Crippen molar-refractivity contribution in [2.45, 2.75) is 25.7 Å². The third-order valence-electron chi connectivity index (χ3n) is 3.65. The highest BCUT2D eigenvalue weighted by Gasteiger charge is 2.23. The molecule has 1 aliphatic carbocycles. The van der Waals surface area contributed by atoms with E-state index in [2.05, 4.69) is 22.1 Å². The van der Waals surface area contributed by atoms with Crippen LogP contribution in [0.15, 0.2) is 36.7 Å². The van der Waals surface area contributed by atoms with Crippen LogP contribution in [-0.2, 0) is 0 Å². The van der Waals surface area contributed by atoms with Crippen LogP contribution in [0.3, 0.4) is 0 Å². The molecule has 4 nitrogen and oxygen atoms in total. The minimum Gasteiger partial charge on any atom is -0.453 e. The number of aromatic nitrogens is 3. The van der Waals surface area contributed by atoms with Gasteiger partial charge >= 0.3 is 0 Å². The van der Waals surface area contributed by atoms with E-state index in [-0.39, 0.29) is 0 Å². The lowest BCUT2D eigenvalue weighted by molar-refractivity contribution is 0.476. The predicted octanol–water partition coefficient (Wildman–Crippen LogP) is 4.36. The van der Waals surface area contributed by atoms with Gasteiger partial charge in [0.2, 0.25) is 5.78 Å². The highest BCUT2D eigenvalue weighted by atomic mass is 35.5. The van der Waals surface area contributed by atoms with Gasteiger partial charge in [-0.05, 0) is 43.4 Å². The van der Waals surface area contributed by atoms with Gasteiger partial charge in [-0.15, -0.1) is 0 Å². The maximum atomic E-state index is 6.38. The second-order valence-electron chi connectivity index (χ2n) is 5.41. The van der Waals surface area contributed by atoms with Crippen LogP contribution in [-0.4, -0.2) is 14.4 Å². The highest BCUT2D eigenvalue weighted by Crippen LogP contribution is 2.41. The van der Waals surface area contributed by atoms with E-state index in [0.29, 0.717) is 22.6 Å². The topological polar surface area (TPSA) is 39.4 Å². The number of aryl methyl sites for hydroxylation is 1. The number of hydrogen-bond donors (Lipinski definition) is 0. The Hall–Kier alpha value is -2.07. The van der Waals surface area contributed by atoms with E-state index in [1.165, 1.54) is 18.4 Å². The van der Waals surface area contributed by atoms with Gasteiger partial charge in [-0.2, -0.15) is 0 Å². The van der Waals surface area contributed by atoms with E-state index in [4.69, 9.17) is 16.3 Å². The van der Waals surface area contributed by atoms with Crippen LogP contribution in [0.4, 0.5) is 0 Å². The summed E-state index contributed by atoms with van der Waals surface area (Å²) in [6, 6.07) is 8.18. The first-order valence-corrected chi connectivity index (χ1v) is 7.36. The Morgan fingerprint density at radius 1 is 1.33 bits per heavy atom. The van der Waals surface area contributed by atoms with Crippen LogP contribution >= 0.6 is 11.6 Å². The molecule has 0 saturated heterocycles. The molecular formula is C16H14ClN3O. The number of fused-ring (bicyclic) bond motifs is 1. The van der Waals surface area contributed by atoms with E-state index in [1.807, 2.05) is 25.3 Å². The summed E-state index contributed by atoms with van der Waals surface area (Å²) in [5.74, 6) is 2.60. The molecule has 0 radical (unpaired) electrons. The maximum absolute atomic E-state index is 6.38. The highest BCUT2D eigenvalue weighted by molar-refractivity contribution is 6.31. The van der Waals surface area contributed by atoms with Crippen LogP contribution in [0.25, 0.3) is 5.78 Å². The molecule has 1 aromatic carbocycles. The summed E-state index contributed by atoms with van der Waals surface area (Å²) in [4.78, 5) is 8.55. The van der Waals surface area contributed by atoms with Crippen molar-refractivity contribution >= 4 is 17.4 Å². The molecule has 2 aromatic heterocycles. The molecule has 0 bridgehead atoms. The Kier molecular flexibility index (Phi) is 2.86. The second-order valence-corrected chi connectivity index (χ2v) is 5.77. The van der Waals surface area contributed by atoms with E-state index in [0.717, 1.165) is 11.4 Å². The monoisotopic (exact) mass is 299 g/mol. The first kappa shape index (κ1) is 12.7. The largest absolute Gasteiger partial charge is 0.453 e. The first-order valence-electron chi connectivity index (χ1n) is 6.99.